The molecule has 0 bridgehead atoms. The fraction of sp³-hybridized carbons (Fsp3) is 0. The van der Waals surface area contributed by atoms with Crippen molar-refractivity contribution in [2.75, 3.05) is 0 Å². The van der Waals surface area contributed by atoms with Crippen molar-refractivity contribution in [2.24, 2.45) is 0 Å². The van der Waals surface area contributed by atoms with Gasteiger partial charge in [0.2, 0.25) is 0 Å². The summed E-state index contributed by atoms with van der Waals surface area (Å²) < 4.78 is 7.25. The fourth-order valence-corrected chi connectivity index (χ4v) is 2.67. The van der Waals surface area contributed by atoms with Crippen LogP contribution in [-0.4, -0.2) is 96.8 Å². The second-order valence-corrected chi connectivity index (χ2v) is 4.64. The minimum absolute atomic E-state index is 0. The standard InChI is InChI=1S/C12H12BN8.K.H/c1-5-14-18(9-1)13(19-10-2-6-15-19,20-11-3-7-16-20)21-12-4-8-17-21;;/h1-12H;;/q-1;;. The first-order chi connectivity index (χ1) is 10.4. The Morgan fingerprint density at radius 3 is 0.955 bits per heavy atom. The Hall–Kier alpha value is -1.46. The van der Waals surface area contributed by atoms with Crippen LogP contribution in [0.5, 0.6) is 0 Å². The van der Waals surface area contributed by atoms with Crippen LogP contribution < -0.4 is 0 Å². The third-order valence-electron chi connectivity index (χ3n) is 3.52. The van der Waals surface area contributed by atoms with Gasteiger partial charge in [0.15, 0.2) is 0 Å². The van der Waals surface area contributed by atoms with E-state index in [1.165, 1.54) is 0 Å². The predicted octanol–water partition coefficient (Wildman–Crippen LogP) is -0.247. The van der Waals surface area contributed by atoms with Crippen LogP contribution in [0.4, 0.5) is 0 Å². The minimum Gasteiger partial charge on any atom is -0.379 e. The first-order valence-corrected chi connectivity index (χ1v) is 6.57. The van der Waals surface area contributed by atoms with E-state index in [2.05, 4.69) is 20.4 Å². The first-order valence-electron chi connectivity index (χ1n) is 6.57. The largest absolute Gasteiger partial charge is 0.466 e. The third-order valence-corrected chi connectivity index (χ3v) is 3.52. The van der Waals surface area contributed by atoms with E-state index >= 15 is 0 Å². The van der Waals surface area contributed by atoms with E-state index in [1.807, 2.05) is 67.4 Å². The maximum Gasteiger partial charge on any atom is 0.466 e. The maximum atomic E-state index is 4.42. The molecule has 0 N–H and O–H groups in total. The Morgan fingerprint density at radius 2 is 0.773 bits per heavy atom. The summed E-state index contributed by atoms with van der Waals surface area (Å²) in [5, 5.41) is 17.7. The van der Waals surface area contributed by atoms with Crippen molar-refractivity contribution in [1.82, 2.24) is 38.8 Å². The van der Waals surface area contributed by atoms with Crippen molar-refractivity contribution >= 4 is 58.1 Å². The van der Waals surface area contributed by atoms with Crippen LogP contribution in [0.3, 0.4) is 0 Å². The van der Waals surface area contributed by atoms with Crippen LogP contribution >= 0.6 is 0 Å². The van der Waals surface area contributed by atoms with Crippen LogP contribution in [0.25, 0.3) is 0 Å². The van der Waals surface area contributed by atoms with Gasteiger partial charge in [0, 0.05) is 24.8 Å². The molecule has 8 nitrogen and oxygen atoms in total. The van der Waals surface area contributed by atoms with E-state index in [1.54, 1.807) is 24.8 Å². The normalized spacial score (nSPS) is 11.3. The van der Waals surface area contributed by atoms with Gasteiger partial charge in [0.25, 0.3) is 0 Å². The number of rotatable bonds is 4. The molecule has 0 saturated carbocycles. The van der Waals surface area contributed by atoms with Gasteiger partial charge in [0.05, 0.1) is 0 Å². The van der Waals surface area contributed by atoms with E-state index in [0.29, 0.717) is 0 Å². The molecule has 4 heterocycles. The summed E-state index contributed by atoms with van der Waals surface area (Å²) in [5.41, 5.74) is 0. The average molecular weight is 319 g/mol. The Kier molecular flexibility index (Phi) is 4.45. The molecule has 0 saturated heterocycles. The third kappa shape index (κ3) is 2.23. The van der Waals surface area contributed by atoms with E-state index in [9.17, 15) is 0 Å². The molecule has 4 rings (SSSR count). The summed E-state index contributed by atoms with van der Waals surface area (Å²) in [4.78, 5) is 0. The van der Waals surface area contributed by atoms with Gasteiger partial charge in [-0.2, -0.15) is 0 Å². The summed E-state index contributed by atoms with van der Waals surface area (Å²) in [6.07, 6.45) is 14.4. The molecule has 0 unspecified atom stereocenters. The molecule has 4 aromatic rings. The molecule has 4 aromatic heterocycles. The predicted molar refractivity (Wildman–Crippen MR) is 83.4 cm³/mol. The molecular formula is C12H13BKN8-. The molecule has 0 fully saturated rings. The Bertz CT molecular complexity index is 649. The van der Waals surface area contributed by atoms with Crippen molar-refractivity contribution in [3.8, 4) is 0 Å². The summed E-state index contributed by atoms with van der Waals surface area (Å²) >= 11 is 0. The van der Waals surface area contributed by atoms with Gasteiger partial charge in [-0.15, -0.1) is 0 Å². The van der Waals surface area contributed by atoms with E-state index in [4.69, 9.17) is 0 Å². The van der Waals surface area contributed by atoms with Gasteiger partial charge in [-0.25, -0.2) is 20.4 Å². The molecule has 22 heavy (non-hydrogen) atoms. The van der Waals surface area contributed by atoms with E-state index < -0.39 is 6.69 Å². The molecule has 0 aromatic carbocycles. The summed E-state index contributed by atoms with van der Waals surface area (Å²) in [7, 11) is 0. The van der Waals surface area contributed by atoms with Crippen LogP contribution in [0.15, 0.2) is 73.8 Å². The second kappa shape index (κ2) is 6.34. The molecular weight excluding hydrogens is 306 g/mol. The topological polar surface area (TPSA) is 71.3 Å². The second-order valence-electron chi connectivity index (χ2n) is 4.64. The summed E-state index contributed by atoms with van der Waals surface area (Å²) in [6.45, 7) is -1.83. The maximum absolute atomic E-state index is 4.42. The zero-order valence-electron chi connectivity index (χ0n) is 11.1. The molecule has 0 radical (unpaired) electrons. The smallest absolute Gasteiger partial charge is 0.379 e. The monoisotopic (exact) mass is 319 g/mol. The van der Waals surface area contributed by atoms with Gasteiger partial charge < -0.3 is 18.4 Å². The van der Waals surface area contributed by atoms with E-state index in [0.717, 1.165) is 0 Å². The van der Waals surface area contributed by atoms with Crippen LogP contribution in [0, 0.1) is 0 Å². The summed E-state index contributed by atoms with van der Waals surface area (Å²) in [5.74, 6) is 0. The molecule has 0 spiro atoms. The number of aromatic nitrogens is 8. The van der Waals surface area contributed by atoms with Gasteiger partial charge in [0.1, 0.15) is 0 Å². The van der Waals surface area contributed by atoms with Crippen molar-refractivity contribution < 1.29 is 0 Å². The Balaban J connectivity index is 0.00000144. The number of nitrogens with zero attached hydrogens (tertiary/aromatic N) is 8. The van der Waals surface area contributed by atoms with Crippen LogP contribution in [0.1, 0.15) is 0 Å². The van der Waals surface area contributed by atoms with Crippen LogP contribution in [-0.2, 0) is 0 Å². The van der Waals surface area contributed by atoms with Crippen molar-refractivity contribution in [2.45, 2.75) is 0 Å². The average Bonchev–Trinajstić information content (AvgIpc) is 3.32. The van der Waals surface area contributed by atoms with Crippen molar-refractivity contribution in [3.63, 3.8) is 0 Å². The number of hydrogen-bond donors (Lipinski definition) is 0. The fourth-order valence-electron chi connectivity index (χ4n) is 2.67. The van der Waals surface area contributed by atoms with E-state index in [-0.39, 0.29) is 51.4 Å². The minimum atomic E-state index is -1.83. The molecule has 0 amide bonds. The molecule has 10 heteroatoms. The zero-order valence-corrected chi connectivity index (χ0v) is 11.1. The molecule has 0 atom stereocenters. The van der Waals surface area contributed by atoms with Crippen LogP contribution in [0.2, 0.25) is 0 Å². The molecule has 0 aliphatic rings. The SMILES string of the molecule is [KH].c1cnn([B-](n2cccn2)(n2cccn2)n2cccn2)c1. The quantitative estimate of drug-likeness (QED) is 0.487. The van der Waals surface area contributed by atoms with Crippen molar-refractivity contribution in [1.29, 1.82) is 0 Å². The van der Waals surface area contributed by atoms with Gasteiger partial charge in [-0.05, 0) is 49.1 Å². The zero-order chi connectivity index (χ0) is 14.1. The summed E-state index contributed by atoms with van der Waals surface area (Å²) in [6, 6.07) is 7.47. The molecule has 106 valence electrons. The van der Waals surface area contributed by atoms with Gasteiger partial charge in [-0.1, -0.05) is 0 Å². The van der Waals surface area contributed by atoms with Crippen molar-refractivity contribution in [3.05, 3.63) is 73.8 Å². The first kappa shape index (κ1) is 15.4. The number of hydrogen-bond acceptors (Lipinski definition) is 4. The molecule has 0 aliphatic heterocycles. The molecule has 0 aliphatic carbocycles. The Morgan fingerprint density at radius 1 is 0.500 bits per heavy atom. The Labute approximate surface area is 169 Å². The van der Waals surface area contributed by atoms with Gasteiger partial charge in [-0.3, -0.25) is 0 Å². The van der Waals surface area contributed by atoms with Gasteiger partial charge >= 0.3 is 58.1 Å².